The van der Waals surface area contributed by atoms with Crippen LogP contribution in [-0.2, 0) is 0 Å². The number of benzene rings is 1. The highest BCUT2D eigenvalue weighted by molar-refractivity contribution is 7.20. The fraction of sp³-hybridized carbons (Fsp3) is 0.333. The van der Waals surface area contributed by atoms with Crippen molar-refractivity contribution in [2.24, 2.45) is 0 Å². The summed E-state index contributed by atoms with van der Waals surface area (Å²) in [7, 11) is 0. The molecule has 3 heterocycles. The van der Waals surface area contributed by atoms with E-state index in [-0.39, 0.29) is 24.4 Å². The maximum Gasteiger partial charge on any atom is 0.261 e. The summed E-state index contributed by atoms with van der Waals surface area (Å²) in [6.07, 6.45) is 2.13. The Labute approximate surface area is 167 Å². The molecule has 0 aliphatic carbocycles. The topological polar surface area (TPSA) is 59.0 Å². The van der Waals surface area contributed by atoms with Gasteiger partial charge in [-0.2, -0.15) is 5.10 Å². The van der Waals surface area contributed by atoms with E-state index < -0.39 is 0 Å². The molecule has 1 aromatic carbocycles. The quantitative estimate of drug-likeness (QED) is 0.686. The molecular formula is C18H20Cl2N4OS. The van der Waals surface area contributed by atoms with Gasteiger partial charge in [-0.1, -0.05) is 11.6 Å². The molecule has 0 radical (unpaired) electrons. The fourth-order valence-electron chi connectivity index (χ4n) is 3.15. The molecule has 1 saturated heterocycles. The number of carbonyl (C=O) groups is 1. The smallest absolute Gasteiger partial charge is 0.261 e. The minimum atomic E-state index is -0.00282. The number of rotatable bonds is 3. The molecule has 4 rings (SSSR count). The predicted octanol–water partition coefficient (Wildman–Crippen LogP) is 3.95. The van der Waals surface area contributed by atoms with Crippen molar-refractivity contribution < 1.29 is 4.79 Å². The van der Waals surface area contributed by atoms with E-state index in [4.69, 9.17) is 11.6 Å². The molecule has 1 fully saturated rings. The Kier molecular flexibility index (Phi) is 5.87. The number of halogens is 2. The van der Waals surface area contributed by atoms with Gasteiger partial charge in [-0.15, -0.1) is 23.7 Å². The minimum Gasteiger partial charge on any atom is -0.347 e. The van der Waals surface area contributed by atoms with Gasteiger partial charge in [0.2, 0.25) is 0 Å². The molecule has 2 aromatic heterocycles. The first-order valence-electron chi connectivity index (χ1n) is 8.38. The van der Waals surface area contributed by atoms with Crippen LogP contribution in [0.25, 0.3) is 15.9 Å². The maximum absolute atomic E-state index is 12.6. The summed E-state index contributed by atoms with van der Waals surface area (Å²) in [5.74, 6) is -0.00282. The third-order valence-electron chi connectivity index (χ3n) is 4.47. The van der Waals surface area contributed by atoms with E-state index in [1.54, 1.807) is 0 Å². The highest BCUT2D eigenvalue weighted by Crippen LogP contribution is 2.30. The molecule has 26 heavy (non-hydrogen) atoms. The second-order valence-electron chi connectivity index (χ2n) is 6.32. The summed E-state index contributed by atoms with van der Waals surface area (Å²) in [5.41, 5.74) is 1.85. The van der Waals surface area contributed by atoms with Crippen LogP contribution in [0, 0.1) is 6.92 Å². The Hall–Kier alpha value is -1.60. The lowest BCUT2D eigenvalue weighted by Crippen LogP contribution is -2.45. The lowest BCUT2D eigenvalue weighted by molar-refractivity contribution is 0.0935. The van der Waals surface area contributed by atoms with Crippen LogP contribution in [0.15, 0.2) is 30.3 Å². The van der Waals surface area contributed by atoms with E-state index in [1.807, 2.05) is 41.9 Å². The van der Waals surface area contributed by atoms with E-state index in [9.17, 15) is 4.79 Å². The molecule has 1 amide bonds. The number of hydrogen-bond donors (Lipinski definition) is 2. The standard InChI is InChI=1S/C18H19ClN4OS.ClH/c1-11-15-9-16(17(24)21-13-3-2-8-20-10-13)25-18(15)23(22-11)14-6-4-12(19)5-7-14;/h4-7,9,13,20H,2-3,8,10H2,1H3,(H,21,24);1H/t13-;/m0./s1. The molecule has 0 unspecified atom stereocenters. The van der Waals surface area contributed by atoms with Gasteiger partial charge >= 0.3 is 0 Å². The van der Waals surface area contributed by atoms with Gasteiger partial charge < -0.3 is 10.6 Å². The molecule has 5 nitrogen and oxygen atoms in total. The second-order valence-corrected chi connectivity index (χ2v) is 7.79. The highest BCUT2D eigenvalue weighted by Gasteiger charge is 2.20. The molecule has 8 heteroatoms. The Balaban J connectivity index is 0.00000196. The third-order valence-corrected chi connectivity index (χ3v) is 5.83. The van der Waals surface area contributed by atoms with Gasteiger partial charge in [0.05, 0.1) is 16.3 Å². The zero-order valence-electron chi connectivity index (χ0n) is 14.3. The van der Waals surface area contributed by atoms with Gasteiger partial charge in [0.15, 0.2) is 0 Å². The first kappa shape index (κ1) is 19.2. The number of carbonyl (C=O) groups excluding carboxylic acids is 1. The number of thiophene rings is 1. The van der Waals surface area contributed by atoms with E-state index >= 15 is 0 Å². The molecule has 0 bridgehead atoms. The van der Waals surface area contributed by atoms with Crippen LogP contribution < -0.4 is 10.6 Å². The maximum atomic E-state index is 12.6. The van der Waals surface area contributed by atoms with Crippen LogP contribution in [0.2, 0.25) is 5.02 Å². The zero-order valence-corrected chi connectivity index (χ0v) is 16.7. The Morgan fingerprint density at radius 3 is 2.85 bits per heavy atom. The third kappa shape index (κ3) is 3.74. The Morgan fingerprint density at radius 2 is 2.15 bits per heavy atom. The highest BCUT2D eigenvalue weighted by atomic mass is 35.5. The summed E-state index contributed by atoms with van der Waals surface area (Å²) in [6.45, 7) is 3.84. The number of nitrogens with zero attached hydrogens (tertiary/aromatic N) is 2. The number of aryl methyl sites for hydroxylation is 1. The van der Waals surface area contributed by atoms with Crippen LogP contribution in [0.4, 0.5) is 0 Å². The van der Waals surface area contributed by atoms with Gasteiger partial charge in [0, 0.05) is 23.0 Å². The minimum absolute atomic E-state index is 0. The second kappa shape index (κ2) is 7.96. The summed E-state index contributed by atoms with van der Waals surface area (Å²) in [5, 5.41) is 12.8. The number of amides is 1. The van der Waals surface area contributed by atoms with Gasteiger partial charge in [-0.3, -0.25) is 4.79 Å². The molecule has 2 N–H and O–H groups in total. The molecule has 1 aliphatic heterocycles. The molecule has 1 aliphatic rings. The average Bonchev–Trinajstić information content (AvgIpc) is 3.18. The van der Waals surface area contributed by atoms with E-state index in [2.05, 4.69) is 15.7 Å². The number of aromatic nitrogens is 2. The fourth-order valence-corrected chi connectivity index (χ4v) is 4.36. The summed E-state index contributed by atoms with van der Waals surface area (Å²) in [6, 6.07) is 9.71. The predicted molar refractivity (Wildman–Crippen MR) is 109 cm³/mol. The molecule has 138 valence electrons. The zero-order chi connectivity index (χ0) is 17.4. The van der Waals surface area contributed by atoms with E-state index in [0.717, 1.165) is 52.4 Å². The molecule has 3 aromatic rings. The molecular weight excluding hydrogens is 391 g/mol. The van der Waals surface area contributed by atoms with Gasteiger partial charge in [0.1, 0.15) is 4.83 Å². The van der Waals surface area contributed by atoms with Crippen LogP contribution in [-0.4, -0.2) is 34.8 Å². The first-order chi connectivity index (χ1) is 12.1. The van der Waals surface area contributed by atoms with Gasteiger partial charge in [-0.25, -0.2) is 4.68 Å². The number of piperidine rings is 1. The Bertz CT molecular complexity index is 913. The van der Waals surface area contributed by atoms with Crippen molar-refractivity contribution in [3.8, 4) is 5.69 Å². The van der Waals surface area contributed by atoms with Crippen molar-refractivity contribution in [1.29, 1.82) is 0 Å². The normalized spacial score (nSPS) is 17.1. The summed E-state index contributed by atoms with van der Waals surface area (Å²) >= 11 is 7.45. The van der Waals surface area contributed by atoms with Crippen molar-refractivity contribution in [1.82, 2.24) is 20.4 Å². The molecule has 0 saturated carbocycles. The van der Waals surface area contributed by atoms with Crippen LogP contribution in [0.5, 0.6) is 0 Å². The van der Waals surface area contributed by atoms with E-state index in [1.165, 1.54) is 11.3 Å². The van der Waals surface area contributed by atoms with Crippen molar-refractivity contribution >= 4 is 51.5 Å². The SMILES string of the molecule is Cc1nn(-c2ccc(Cl)cc2)c2sc(C(=O)N[C@H]3CCCNC3)cc12.Cl. The van der Waals surface area contributed by atoms with Crippen molar-refractivity contribution in [3.05, 3.63) is 45.9 Å². The molecule has 0 spiro atoms. The van der Waals surface area contributed by atoms with Crippen LogP contribution >= 0.6 is 35.3 Å². The summed E-state index contributed by atoms with van der Waals surface area (Å²) in [4.78, 5) is 14.3. The van der Waals surface area contributed by atoms with Gasteiger partial charge in [0.25, 0.3) is 5.91 Å². The first-order valence-corrected chi connectivity index (χ1v) is 9.58. The molecule has 1 atom stereocenters. The van der Waals surface area contributed by atoms with Crippen molar-refractivity contribution in [2.75, 3.05) is 13.1 Å². The monoisotopic (exact) mass is 410 g/mol. The number of nitrogens with one attached hydrogen (secondary N) is 2. The Morgan fingerprint density at radius 1 is 1.38 bits per heavy atom. The lowest BCUT2D eigenvalue weighted by Gasteiger charge is -2.23. The van der Waals surface area contributed by atoms with Crippen molar-refractivity contribution in [2.45, 2.75) is 25.8 Å². The van der Waals surface area contributed by atoms with Crippen molar-refractivity contribution in [3.63, 3.8) is 0 Å². The van der Waals surface area contributed by atoms with Crippen LogP contribution in [0.3, 0.4) is 0 Å². The number of hydrogen-bond acceptors (Lipinski definition) is 4. The number of fused-ring (bicyclic) bond motifs is 1. The summed E-state index contributed by atoms with van der Waals surface area (Å²) < 4.78 is 1.88. The lowest BCUT2D eigenvalue weighted by atomic mass is 10.1. The van der Waals surface area contributed by atoms with E-state index in [0.29, 0.717) is 5.02 Å². The van der Waals surface area contributed by atoms with Crippen LogP contribution in [0.1, 0.15) is 28.2 Å². The average molecular weight is 411 g/mol. The van der Waals surface area contributed by atoms with Gasteiger partial charge in [-0.05, 0) is 56.6 Å². The largest absolute Gasteiger partial charge is 0.347 e.